The molecule has 210 valence electrons. The maximum atomic E-state index is 13.8. The summed E-state index contributed by atoms with van der Waals surface area (Å²) in [6, 6.07) is 5.19. The molecule has 0 unspecified atom stereocenters. The third-order valence-electron chi connectivity index (χ3n) is 6.85. The van der Waals surface area contributed by atoms with Crippen LogP contribution in [-0.2, 0) is 11.0 Å². The van der Waals surface area contributed by atoms with Crippen molar-refractivity contribution in [2.75, 3.05) is 19.6 Å². The third-order valence-corrected chi connectivity index (χ3v) is 6.85. The number of carbonyl (C=O) groups is 2. The van der Waals surface area contributed by atoms with Gasteiger partial charge in [0.15, 0.2) is 5.69 Å². The minimum atomic E-state index is -4.62. The van der Waals surface area contributed by atoms with Crippen molar-refractivity contribution in [2.45, 2.75) is 69.1 Å². The molecule has 1 saturated heterocycles. The second kappa shape index (κ2) is 12.0. The van der Waals surface area contributed by atoms with E-state index in [1.807, 2.05) is 0 Å². The molecule has 1 amide bonds. The number of halogens is 6. The van der Waals surface area contributed by atoms with Gasteiger partial charge in [0.1, 0.15) is 0 Å². The summed E-state index contributed by atoms with van der Waals surface area (Å²) in [6.07, 6.45) is -1.95. The van der Waals surface area contributed by atoms with Crippen LogP contribution in [0, 0.1) is 0 Å². The molecule has 7 nitrogen and oxygen atoms in total. The molecule has 0 spiro atoms. The fourth-order valence-electron chi connectivity index (χ4n) is 5.23. The maximum Gasteiger partial charge on any atom is 0.417 e. The molecule has 1 aliphatic carbocycles. The van der Waals surface area contributed by atoms with Gasteiger partial charge in [-0.2, -0.15) is 18.3 Å². The Morgan fingerprint density at radius 3 is 2.47 bits per heavy atom. The molecule has 1 aliphatic heterocycles. The SMILES string of the molecule is Cl.O=C(O)C[C@H](CN1CCCC(F)(F)C1)NC(=O)c1cc(-c2ccccc2C(F)(F)F)n(C2CCCC2)n1. The zero-order valence-corrected chi connectivity index (χ0v) is 21.3. The molecule has 2 aliphatic rings. The van der Waals surface area contributed by atoms with E-state index in [2.05, 4.69) is 10.4 Å². The zero-order valence-electron chi connectivity index (χ0n) is 20.5. The largest absolute Gasteiger partial charge is 0.481 e. The van der Waals surface area contributed by atoms with E-state index in [9.17, 15) is 36.6 Å². The van der Waals surface area contributed by atoms with Gasteiger partial charge in [-0.25, -0.2) is 8.78 Å². The molecule has 4 rings (SSSR count). The van der Waals surface area contributed by atoms with Crippen LogP contribution < -0.4 is 5.32 Å². The van der Waals surface area contributed by atoms with E-state index in [4.69, 9.17) is 0 Å². The number of likely N-dealkylation sites (tertiary alicyclic amines) is 1. The highest BCUT2D eigenvalue weighted by Gasteiger charge is 2.37. The fraction of sp³-hybridized carbons (Fsp3) is 0.560. The van der Waals surface area contributed by atoms with E-state index in [1.165, 1.54) is 33.8 Å². The Hall–Kier alpha value is -2.73. The standard InChI is InChI=1S/C25H29F5N4O3.ClH/c26-24(27)10-5-11-33(15-24)14-16(12-22(35)36)31-23(37)20-13-21(34(32-20)17-6-1-2-7-17)18-8-3-4-9-19(18)25(28,29)30;/h3-4,8-9,13,16-17H,1-2,5-7,10-12,14-15H2,(H,31,37)(H,35,36);1H/t16-;/m1./s1. The van der Waals surface area contributed by atoms with E-state index in [0.29, 0.717) is 19.4 Å². The highest BCUT2D eigenvalue weighted by atomic mass is 35.5. The molecular weight excluding hydrogens is 535 g/mol. The summed E-state index contributed by atoms with van der Waals surface area (Å²) in [5, 5.41) is 16.2. The van der Waals surface area contributed by atoms with E-state index >= 15 is 0 Å². The molecule has 2 N–H and O–H groups in total. The minimum Gasteiger partial charge on any atom is -0.481 e. The Morgan fingerprint density at radius 2 is 1.84 bits per heavy atom. The molecule has 0 radical (unpaired) electrons. The van der Waals surface area contributed by atoms with Gasteiger partial charge in [0.25, 0.3) is 11.8 Å². The second-order valence-electron chi connectivity index (χ2n) is 9.80. The van der Waals surface area contributed by atoms with Crippen LogP contribution in [0.4, 0.5) is 22.0 Å². The molecule has 1 aromatic heterocycles. The first-order chi connectivity index (χ1) is 17.4. The molecule has 2 heterocycles. The first-order valence-electron chi connectivity index (χ1n) is 12.3. The van der Waals surface area contributed by atoms with Gasteiger partial charge in [0.05, 0.1) is 36.3 Å². The van der Waals surface area contributed by atoms with Crippen LogP contribution in [0.1, 0.15) is 67.0 Å². The van der Waals surface area contributed by atoms with E-state index in [-0.39, 0.29) is 54.8 Å². The first kappa shape index (κ1) is 29.8. The van der Waals surface area contributed by atoms with Gasteiger partial charge in [-0.15, -0.1) is 12.4 Å². The summed E-state index contributed by atoms with van der Waals surface area (Å²) in [6.45, 7) is -0.287. The van der Waals surface area contributed by atoms with Crippen molar-refractivity contribution >= 4 is 24.3 Å². The van der Waals surface area contributed by atoms with Crippen molar-refractivity contribution in [3.05, 3.63) is 41.6 Å². The number of benzene rings is 1. The summed E-state index contributed by atoms with van der Waals surface area (Å²) >= 11 is 0. The summed E-state index contributed by atoms with van der Waals surface area (Å²) in [4.78, 5) is 25.9. The van der Waals surface area contributed by atoms with Crippen LogP contribution in [0.5, 0.6) is 0 Å². The fourth-order valence-corrected chi connectivity index (χ4v) is 5.23. The predicted molar refractivity (Wildman–Crippen MR) is 132 cm³/mol. The number of hydrogen-bond donors (Lipinski definition) is 2. The number of carbonyl (C=O) groups excluding carboxylic acids is 1. The van der Waals surface area contributed by atoms with Gasteiger partial charge in [-0.3, -0.25) is 19.2 Å². The van der Waals surface area contributed by atoms with Crippen LogP contribution in [-0.4, -0.2) is 63.3 Å². The lowest BCUT2D eigenvalue weighted by Gasteiger charge is -2.34. The summed E-state index contributed by atoms with van der Waals surface area (Å²) in [7, 11) is 0. The van der Waals surface area contributed by atoms with Gasteiger partial charge in [-0.1, -0.05) is 31.0 Å². The second-order valence-corrected chi connectivity index (χ2v) is 9.80. The molecular formula is C25H30ClF5N4O3. The molecule has 0 bridgehead atoms. The summed E-state index contributed by atoms with van der Waals surface area (Å²) in [5.41, 5.74) is -0.962. The Bertz CT molecular complexity index is 1130. The van der Waals surface area contributed by atoms with Crippen LogP contribution in [0.2, 0.25) is 0 Å². The number of alkyl halides is 5. The smallest absolute Gasteiger partial charge is 0.417 e. The number of rotatable bonds is 8. The van der Waals surface area contributed by atoms with Gasteiger partial charge in [0.2, 0.25) is 0 Å². The van der Waals surface area contributed by atoms with Crippen LogP contribution in [0.25, 0.3) is 11.3 Å². The topological polar surface area (TPSA) is 87.5 Å². The lowest BCUT2D eigenvalue weighted by atomic mass is 10.0. The Morgan fingerprint density at radius 1 is 1.16 bits per heavy atom. The van der Waals surface area contributed by atoms with Gasteiger partial charge >= 0.3 is 12.1 Å². The van der Waals surface area contributed by atoms with Crippen molar-refractivity contribution in [3.8, 4) is 11.3 Å². The highest BCUT2D eigenvalue weighted by molar-refractivity contribution is 5.94. The minimum absolute atomic E-state index is 0. The molecule has 1 saturated carbocycles. The molecule has 38 heavy (non-hydrogen) atoms. The first-order valence-corrected chi connectivity index (χ1v) is 12.3. The lowest BCUT2D eigenvalue weighted by molar-refractivity contribution is -0.138. The van der Waals surface area contributed by atoms with Crippen molar-refractivity contribution in [1.29, 1.82) is 0 Å². The molecule has 2 fully saturated rings. The number of aromatic nitrogens is 2. The average Bonchev–Trinajstić information content (AvgIpc) is 3.47. The van der Waals surface area contributed by atoms with Gasteiger partial charge < -0.3 is 10.4 Å². The quantitative estimate of drug-likeness (QED) is 0.419. The van der Waals surface area contributed by atoms with Gasteiger partial charge in [0, 0.05) is 18.5 Å². The van der Waals surface area contributed by atoms with Crippen molar-refractivity contribution in [3.63, 3.8) is 0 Å². The highest BCUT2D eigenvalue weighted by Crippen LogP contribution is 2.40. The number of hydrogen-bond acceptors (Lipinski definition) is 4. The normalized spacial score (nSPS) is 19.1. The van der Waals surface area contributed by atoms with Gasteiger partial charge in [-0.05, 0) is 37.9 Å². The molecule has 1 aromatic carbocycles. The Labute approximate surface area is 222 Å². The van der Waals surface area contributed by atoms with Crippen molar-refractivity contribution in [1.82, 2.24) is 20.0 Å². The van der Waals surface area contributed by atoms with Crippen LogP contribution in [0.15, 0.2) is 30.3 Å². The number of aliphatic carboxylic acids is 1. The maximum absolute atomic E-state index is 13.8. The third kappa shape index (κ3) is 7.22. The number of carboxylic acid groups (broad SMARTS) is 1. The number of nitrogens with zero attached hydrogens (tertiary/aromatic N) is 3. The van der Waals surface area contributed by atoms with Crippen molar-refractivity contribution < 1.29 is 36.6 Å². The Kier molecular flexibility index (Phi) is 9.40. The zero-order chi connectivity index (χ0) is 26.8. The molecule has 1 atom stereocenters. The number of nitrogens with one attached hydrogen (secondary N) is 1. The summed E-state index contributed by atoms with van der Waals surface area (Å²) < 4.78 is 70.4. The number of piperidine rings is 1. The Balaban J connectivity index is 0.00000400. The van der Waals surface area contributed by atoms with E-state index in [0.717, 1.165) is 18.9 Å². The van der Waals surface area contributed by atoms with Crippen LogP contribution >= 0.6 is 12.4 Å². The van der Waals surface area contributed by atoms with E-state index in [1.54, 1.807) is 0 Å². The number of carboxylic acids is 1. The van der Waals surface area contributed by atoms with E-state index < -0.39 is 48.5 Å². The monoisotopic (exact) mass is 564 g/mol. The van der Waals surface area contributed by atoms with Crippen LogP contribution in [0.3, 0.4) is 0 Å². The average molecular weight is 565 g/mol. The molecule has 2 aromatic rings. The molecule has 13 heteroatoms. The van der Waals surface area contributed by atoms with Crippen molar-refractivity contribution in [2.24, 2.45) is 0 Å². The lowest BCUT2D eigenvalue weighted by Crippen LogP contribution is -2.50. The summed E-state index contributed by atoms with van der Waals surface area (Å²) in [5.74, 6) is -4.88. The predicted octanol–water partition coefficient (Wildman–Crippen LogP) is 5.41. The number of amides is 1.